The van der Waals surface area contributed by atoms with Crippen molar-refractivity contribution < 1.29 is 26.7 Å². The fraction of sp³-hybridized carbons (Fsp3) is 0.174. The van der Waals surface area contributed by atoms with Gasteiger partial charge in [-0.15, -0.1) is 0 Å². The second kappa shape index (κ2) is 7.36. The summed E-state index contributed by atoms with van der Waals surface area (Å²) in [5, 5.41) is 4.00. The zero-order valence-corrected chi connectivity index (χ0v) is 17.1. The topological polar surface area (TPSA) is 51.0 Å². The number of aromatic nitrogens is 3. The summed E-state index contributed by atoms with van der Waals surface area (Å²) in [5.74, 6) is -2.18. The van der Waals surface area contributed by atoms with Gasteiger partial charge in [0.15, 0.2) is 0 Å². The molecule has 2 aromatic carbocycles. The van der Waals surface area contributed by atoms with E-state index in [1.165, 1.54) is 35.1 Å². The molecule has 0 unspecified atom stereocenters. The molecule has 5 nitrogen and oxygen atoms in total. The van der Waals surface area contributed by atoms with Crippen LogP contribution in [0.15, 0.2) is 48.8 Å². The van der Waals surface area contributed by atoms with Crippen molar-refractivity contribution in [3.8, 4) is 11.1 Å². The van der Waals surface area contributed by atoms with Gasteiger partial charge in [0.2, 0.25) is 0 Å². The Kier molecular flexibility index (Phi) is 4.70. The second-order valence-corrected chi connectivity index (χ2v) is 7.80. The SMILES string of the molecule is Cn1cc2c(-c3cc(F)c(CN4Cc5ncccc5C4=O)c(F)c3)ccc(C(F)(F)F)c2n1. The quantitative estimate of drug-likeness (QED) is 0.402. The fourth-order valence-electron chi connectivity index (χ4n) is 4.11. The summed E-state index contributed by atoms with van der Waals surface area (Å²) in [5.41, 5.74) is -0.348. The first-order valence-electron chi connectivity index (χ1n) is 9.88. The molecule has 0 saturated heterocycles. The molecule has 0 fully saturated rings. The van der Waals surface area contributed by atoms with Gasteiger partial charge in [-0.25, -0.2) is 8.78 Å². The predicted octanol–water partition coefficient (Wildman–Crippen LogP) is 5.09. The van der Waals surface area contributed by atoms with Crippen molar-refractivity contribution in [2.75, 3.05) is 0 Å². The van der Waals surface area contributed by atoms with Crippen molar-refractivity contribution >= 4 is 16.8 Å². The van der Waals surface area contributed by atoms with Crippen LogP contribution in [0.4, 0.5) is 22.0 Å². The Morgan fingerprint density at radius 3 is 2.45 bits per heavy atom. The summed E-state index contributed by atoms with van der Waals surface area (Å²) in [6.07, 6.45) is -1.72. The van der Waals surface area contributed by atoms with Gasteiger partial charge in [-0.1, -0.05) is 6.07 Å². The lowest BCUT2D eigenvalue weighted by molar-refractivity contribution is -0.136. The lowest BCUT2D eigenvalue weighted by Gasteiger charge is -2.17. The van der Waals surface area contributed by atoms with Crippen molar-refractivity contribution in [2.24, 2.45) is 7.05 Å². The number of amides is 1. The minimum Gasteiger partial charge on any atom is -0.328 e. The summed E-state index contributed by atoms with van der Waals surface area (Å²) < 4.78 is 71.3. The average Bonchev–Trinajstić information content (AvgIpc) is 3.28. The van der Waals surface area contributed by atoms with E-state index in [-0.39, 0.29) is 46.6 Å². The highest BCUT2D eigenvalue weighted by Crippen LogP contribution is 2.39. The third-order valence-corrected chi connectivity index (χ3v) is 5.65. The molecule has 5 rings (SSSR count). The number of hydrogen-bond donors (Lipinski definition) is 0. The largest absolute Gasteiger partial charge is 0.418 e. The Balaban J connectivity index is 1.53. The van der Waals surface area contributed by atoms with Crippen molar-refractivity contribution in [2.45, 2.75) is 19.3 Å². The Hall–Kier alpha value is -3.82. The van der Waals surface area contributed by atoms with Gasteiger partial charge >= 0.3 is 6.18 Å². The number of fused-ring (bicyclic) bond motifs is 2. The molecule has 1 amide bonds. The normalized spacial score (nSPS) is 13.8. The molecule has 0 saturated carbocycles. The van der Waals surface area contributed by atoms with Crippen molar-refractivity contribution in [3.63, 3.8) is 0 Å². The van der Waals surface area contributed by atoms with Gasteiger partial charge in [0.05, 0.1) is 29.9 Å². The smallest absolute Gasteiger partial charge is 0.328 e. The van der Waals surface area contributed by atoms with E-state index in [0.29, 0.717) is 11.3 Å². The molecule has 168 valence electrons. The number of aryl methyl sites for hydroxylation is 1. The molecule has 0 spiro atoms. The first kappa shape index (κ1) is 21.0. The standard InChI is InChI=1S/C23H15F5N4O/c1-31-9-15-13(4-5-17(21(15)30-31)23(26,27)28)12-7-18(24)16(19(25)8-12)10-32-11-20-14(22(32)33)3-2-6-29-20/h2-9H,10-11H2,1H3. The maximum absolute atomic E-state index is 15.0. The van der Waals surface area contributed by atoms with E-state index in [1.54, 1.807) is 12.1 Å². The predicted molar refractivity (Wildman–Crippen MR) is 109 cm³/mol. The van der Waals surface area contributed by atoms with Crippen LogP contribution < -0.4 is 0 Å². The Bertz CT molecular complexity index is 1400. The Morgan fingerprint density at radius 2 is 1.79 bits per heavy atom. The van der Waals surface area contributed by atoms with Gasteiger partial charge in [-0.05, 0) is 41.5 Å². The zero-order valence-electron chi connectivity index (χ0n) is 17.1. The van der Waals surface area contributed by atoms with Crippen LogP contribution in [0.5, 0.6) is 0 Å². The van der Waals surface area contributed by atoms with Gasteiger partial charge in [0.1, 0.15) is 17.2 Å². The van der Waals surface area contributed by atoms with E-state index in [4.69, 9.17) is 0 Å². The molecule has 1 aliphatic heterocycles. The molecule has 0 bridgehead atoms. The number of benzene rings is 2. The Labute approximate surface area is 184 Å². The van der Waals surface area contributed by atoms with E-state index >= 15 is 0 Å². The van der Waals surface area contributed by atoms with Gasteiger partial charge in [-0.2, -0.15) is 18.3 Å². The summed E-state index contributed by atoms with van der Waals surface area (Å²) in [7, 11) is 1.47. The van der Waals surface area contributed by atoms with Crippen LogP contribution in [-0.2, 0) is 26.3 Å². The van der Waals surface area contributed by atoms with Crippen molar-refractivity contribution in [3.05, 3.63) is 82.8 Å². The van der Waals surface area contributed by atoms with E-state index in [1.807, 2.05) is 0 Å². The van der Waals surface area contributed by atoms with E-state index < -0.39 is 23.4 Å². The van der Waals surface area contributed by atoms with Crippen LogP contribution in [-0.4, -0.2) is 25.6 Å². The number of nitrogens with zero attached hydrogens (tertiary/aromatic N) is 4. The van der Waals surface area contributed by atoms with Gasteiger partial charge in [0, 0.05) is 30.4 Å². The molecule has 3 heterocycles. The first-order chi connectivity index (χ1) is 15.6. The minimum absolute atomic E-state index is 0.0678. The second-order valence-electron chi connectivity index (χ2n) is 7.80. The number of carbonyl (C=O) groups excluding carboxylic acids is 1. The molecule has 0 atom stereocenters. The molecular weight excluding hydrogens is 443 g/mol. The Morgan fingerprint density at radius 1 is 1.06 bits per heavy atom. The van der Waals surface area contributed by atoms with Crippen LogP contribution in [0.25, 0.3) is 22.0 Å². The number of pyridine rings is 1. The lowest BCUT2D eigenvalue weighted by Crippen LogP contribution is -2.24. The highest BCUT2D eigenvalue weighted by molar-refractivity contribution is 5.98. The molecule has 2 aromatic heterocycles. The summed E-state index contributed by atoms with van der Waals surface area (Å²) >= 11 is 0. The number of carbonyl (C=O) groups is 1. The number of hydrogen-bond acceptors (Lipinski definition) is 3. The van der Waals surface area contributed by atoms with Crippen LogP contribution in [0.2, 0.25) is 0 Å². The highest BCUT2D eigenvalue weighted by atomic mass is 19.4. The molecular formula is C23H15F5N4O. The molecule has 33 heavy (non-hydrogen) atoms. The van der Waals surface area contributed by atoms with Crippen LogP contribution in [0.3, 0.4) is 0 Å². The monoisotopic (exact) mass is 458 g/mol. The van der Waals surface area contributed by atoms with E-state index in [0.717, 1.165) is 18.2 Å². The molecule has 1 aliphatic rings. The minimum atomic E-state index is -4.62. The highest BCUT2D eigenvalue weighted by Gasteiger charge is 2.35. The van der Waals surface area contributed by atoms with E-state index in [2.05, 4.69) is 10.1 Å². The third kappa shape index (κ3) is 3.51. The van der Waals surface area contributed by atoms with E-state index in [9.17, 15) is 26.7 Å². The number of rotatable bonds is 3. The summed E-state index contributed by atoms with van der Waals surface area (Å²) in [4.78, 5) is 17.9. The molecule has 0 radical (unpaired) electrons. The zero-order chi connectivity index (χ0) is 23.5. The van der Waals surface area contributed by atoms with Crippen LogP contribution in [0, 0.1) is 11.6 Å². The third-order valence-electron chi connectivity index (χ3n) is 5.65. The first-order valence-corrected chi connectivity index (χ1v) is 9.88. The average molecular weight is 458 g/mol. The maximum Gasteiger partial charge on any atom is 0.418 e. The van der Waals surface area contributed by atoms with Crippen LogP contribution >= 0.6 is 0 Å². The number of halogens is 5. The summed E-state index contributed by atoms with van der Waals surface area (Å²) in [6.45, 7) is -0.173. The lowest BCUT2D eigenvalue weighted by atomic mass is 9.97. The number of alkyl halides is 3. The van der Waals surface area contributed by atoms with Gasteiger partial charge in [0.25, 0.3) is 5.91 Å². The van der Waals surface area contributed by atoms with Crippen molar-refractivity contribution in [1.29, 1.82) is 0 Å². The fourth-order valence-corrected chi connectivity index (χ4v) is 4.11. The van der Waals surface area contributed by atoms with Crippen molar-refractivity contribution in [1.82, 2.24) is 19.7 Å². The van der Waals surface area contributed by atoms with Gasteiger partial charge < -0.3 is 4.90 Å². The maximum atomic E-state index is 15.0. The van der Waals surface area contributed by atoms with Crippen LogP contribution in [0.1, 0.15) is 27.2 Å². The molecule has 0 aliphatic carbocycles. The van der Waals surface area contributed by atoms with Gasteiger partial charge in [-0.3, -0.25) is 14.5 Å². The molecule has 0 N–H and O–H groups in total. The molecule has 4 aromatic rings. The molecule has 10 heteroatoms. The summed E-state index contributed by atoms with van der Waals surface area (Å²) in [6, 6.07) is 7.34.